The third-order valence-corrected chi connectivity index (χ3v) is 4.84. The Morgan fingerprint density at radius 1 is 1.11 bits per heavy atom. The van der Waals surface area contributed by atoms with Gasteiger partial charge in [-0.2, -0.15) is 0 Å². The van der Waals surface area contributed by atoms with E-state index in [4.69, 9.17) is 21.2 Å². The lowest BCUT2D eigenvalue weighted by molar-refractivity contribution is -0.126. The quantitative estimate of drug-likeness (QED) is 0.584. The highest BCUT2D eigenvalue weighted by atomic mass is 35.5. The van der Waals surface area contributed by atoms with Crippen LogP contribution in [0.4, 0.5) is 5.69 Å². The maximum atomic E-state index is 13.0. The normalized spacial score (nSPS) is 20.6. The van der Waals surface area contributed by atoms with Gasteiger partial charge in [0.1, 0.15) is 11.6 Å². The molecule has 4 rings (SSSR count). The second-order valence-corrected chi connectivity index (χ2v) is 6.70. The predicted octanol–water partition coefficient (Wildman–Crippen LogP) is 2.81. The van der Waals surface area contributed by atoms with Gasteiger partial charge in [0.2, 0.25) is 12.0 Å². The summed E-state index contributed by atoms with van der Waals surface area (Å²) < 4.78 is 4.94. The lowest BCUT2D eigenvalue weighted by Crippen LogP contribution is -2.33. The van der Waals surface area contributed by atoms with E-state index in [1.165, 1.54) is 24.3 Å². The van der Waals surface area contributed by atoms with Crippen LogP contribution in [0.1, 0.15) is 22.8 Å². The van der Waals surface area contributed by atoms with Gasteiger partial charge in [0, 0.05) is 10.6 Å². The number of esters is 1. The number of nitrogens with zero attached hydrogens (tertiary/aromatic N) is 2. The van der Waals surface area contributed by atoms with E-state index in [9.17, 15) is 14.4 Å². The lowest BCUT2D eigenvalue weighted by atomic mass is 9.94. The first-order valence-corrected chi connectivity index (χ1v) is 9.03. The van der Waals surface area contributed by atoms with E-state index in [1.54, 1.807) is 31.2 Å². The van der Waals surface area contributed by atoms with E-state index in [-0.39, 0.29) is 6.61 Å². The van der Waals surface area contributed by atoms with Crippen LogP contribution >= 0.6 is 11.6 Å². The van der Waals surface area contributed by atoms with Gasteiger partial charge in [0.25, 0.3) is 5.91 Å². The van der Waals surface area contributed by atoms with E-state index in [0.29, 0.717) is 27.5 Å². The average Bonchev–Trinajstić information content (AvgIpc) is 3.23. The van der Waals surface area contributed by atoms with E-state index < -0.39 is 29.8 Å². The molecule has 2 amide bonds. The number of rotatable bonds is 4. The van der Waals surface area contributed by atoms with Gasteiger partial charge in [-0.15, -0.1) is 0 Å². The molecule has 142 valence electrons. The fourth-order valence-corrected chi connectivity index (χ4v) is 3.38. The molecule has 2 atom stereocenters. The highest BCUT2D eigenvalue weighted by Crippen LogP contribution is 2.35. The summed E-state index contributed by atoms with van der Waals surface area (Å²) in [6, 6.07) is 12.9. The zero-order valence-corrected chi connectivity index (χ0v) is 15.6. The highest BCUT2D eigenvalue weighted by Gasteiger charge is 2.56. The van der Waals surface area contributed by atoms with E-state index >= 15 is 0 Å². The molecule has 2 aliphatic heterocycles. The number of fused-ring (bicyclic) bond motifs is 1. The summed E-state index contributed by atoms with van der Waals surface area (Å²) in [5.74, 6) is -2.21. The van der Waals surface area contributed by atoms with Gasteiger partial charge in [0.05, 0.1) is 17.9 Å². The number of hydrogen-bond donors (Lipinski definition) is 0. The molecular formula is C20H15ClN2O5. The molecule has 0 aromatic heterocycles. The van der Waals surface area contributed by atoms with Crippen LogP contribution in [-0.2, 0) is 19.2 Å². The molecule has 0 aliphatic carbocycles. The topological polar surface area (TPSA) is 85.3 Å². The molecule has 2 aromatic rings. The number of halogens is 1. The summed E-state index contributed by atoms with van der Waals surface area (Å²) in [4.78, 5) is 43.9. The number of amides is 2. The Morgan fingerprint density at radius 3 is 2.43 bits per heavy atom. The highest BCUT2D eigenvalue weighted by molar-refractivity contribution is 6.33. The van der Waals surface area contributed by atoms with Crippen LogP contribution in [0.25, 0.3) is 0 Å². The van der Waals surface area contributed by atoms with Crippen molar-refractivity contribution in [3.05, 3.63) is 64.7 Å². The number of ether oxygens (including phenoxy) is 1. The predicted molar refractivity (Wildman–Crippen MR) is 101 cm³/mol. The Kier molecular flexibility index (Phi) is 4.60. The number of imide groups is 1. The van der Waals surface area contributed by atoms with Crippen molar-refractivity contribution in [2.24, 2.45) is 11.1 Å². The lowest BCUT2D eigenvalue weighted by Gasteiger charge is -2.15. The van der Waals surface area contributed by atoms with Crippen molar-refractivity contribution in [1.82, 2.24) is 0 Å². The van der Waals surface area contributed by atoms with Gasteiger partial charge in [-0.25, -0.2) is 9.69 Å². The summed E-state index contributed by atoms with van der Waals surface area (Å²) >= 11 is 5.91. The number of anilines is 1. The Labute approximate surface area is 165 Å². The van der Waals surface area contributed by atoms with Crippen molar-refractivity contribution < 1.29 is 24.0 Å². The molecule has 2 unspecified atom stereocenters. The first kappa shape index (κ1) is 18.2. The summed E-state index contributed by atoms with van der Waals surface area (Å²) in [7, 11) is 0. The van der Waals surface area contributed by atoms with Crippen LogP contribution in [0.3, 0.4) is 0 Å². The second-order valence-electron chi connectivity index (χ2n) is 6.27. The third kappa shape index (κ3) is 2.93. The van der Waals surface area contributed by atoms with Crippen molar-refractivity contribution in [2.45, 2.75) is 13.0 Å². The maximum Gasteiger partial charge on any atom is 0.338 e. The van der Waals surface area contributed by atoms with Gasteiger partial charge >= 0.3 is 5.97 Å². The fraction of sp³-hybridized carbons (Fsp3) is 0.200. The molecule has 0 saturated carbocycles. The zero-order valence-electron chi connectivity index (χ0n) is 14.8. The van der Waals surface area contributed by atoms with E-state index in [2.05, 4.69) is 5.16 Å². The van der Waals surface area contributed by atoms with Crippen LogP contribution in [0, 0.1) is 5.92 Å². The molecule has 2 aromatic carbocycles. The van der Waals surface area contributed by atoms with Gasteiger partial charge in [0.15, 0.2) is 0 Å². The SMILES string of the molecule is CCOC(=O)c1ccc(N2C(=O)C3ON=C(c4ccc(Cl)cc4)C3C2=O)cc1. The standard InChI is InChI=1S/C20H15ClN2O5/c1-2-27-20(26)12-5-9-14(10-6-12)23-18(24)15-16(22-28-17(15)19(23)25)11-3-7-13(21)8-4-11/h3-10,15,17H,2H2,1H3. The van der Waals surface area contributed by atoms with Gasteiger partial charge in [-0.1, -0.05) is 28.9 Å². The van der Waals surface area contributed by atoms with E-state index in [1.807, 2.05) is 0 Å². The molecule has 28 heavy (non-hydrogen) atoms. The minimum atomic E-state index is -0.997. The van der Waals surface area contributed by atoms with Crippen LogP contribution in [0.15, 0.2) is 53.7 Å². The number of hydrogen-bond acceptors (Lipinski definition) is 6. The Balaban J connectivity index is 1.60. The average molecular weight is 399 g/mol. The first-order valence-electron chi connectivity index (χ1n) is 8.66. The Hall–Kier alpha value is -3.19. The summed E-state index contributed by atoms with van der Waals surface area (Å²) in [6.45, 7) is 1.98. The Morgan fingerprint density at radius 2 is 1.79 bits per heavy atom. The van der Waals surface area contributed by atoms with Crippen LogP contribution in [-0.4, -0.2) is 36.2 Å². The van der Waals surface area contributed by atoms with Gasteiger partial charge in [-0.3, -0.25) is 9.59 Å². The zero-order chi connectivity index (χ0) is 19.8. The smallest absolute Gasteiger partial charge is 0.338 e. The summed E-state index contributed by atoms with van der Waals surface area (Å²) in [5, 5.41) is 4.50. The third-order valence-electron chi connectivity index (χ3n) is 4.59. The van der Waals surface area contributed by atoms with Crippen LogP contribution < -0.4 is 4.90 Å². The number of oxime groups is 1. The molecule has 7 nitrogen and oxygen atoms in total. The summed E-state index contributed by atoms with van der Waals surface area (Å²) in [5.41, 5.74) is 1.75. The number of benzene rings is 2. The van der Waals surface area contributed by atoms with E-state index in [0.717, 1.165) is 4.90 Å². The summed E-state index contributed by atoms with van der Waals surface area (Å²) in [6.07, 6.45) is -0.997. The van der Waals surface area contributed by atoms with Crippen molar-refractivity contribution >= 4 is 40.8 Å². The molecule has 1 fully saturated rings. The maximum absolute atomic E-state index is 13.0. The minimum Gasteiger partial charge on any atom is -0.462 e. The fourth-order valence-electron chi connectivity index (χ4n) is 3.25. The monoisotopic (exact) mass is 398 g/mol. The molecular weight excluding hydrogens is 384 g/mol. The van der Waals surface area contributed by atoms with Crippen LogP contribution in [0.5, 0.6) is 0 Å². The number of carbonyl (C=O) groups is 3. The van der Waals surface area contributed by atoms with Crippen molar-refractivity contribution in [3.63, 3.8) is 0 Å². The molecule has 2 heterocycles. The van der Waals surface area contributed by atoms with Crippen molar-refractivity contribution in [1.29, 1.82) is 0 Å². The molecule has 8 heteroatoms. The molecule has 2 aliphatic rings. The van der Waals surface area contributed by atoms with Crippen molar-refractivity contribution in [2.75, 3.05) is 11.5 Å². The molecule has 1 saturated heterocycles. The first-order chi connectivity index (χ1) is 13.5. The minimum absolute atomic E-state index is 0.261. The van der Waals surface area contributed by atoms with Gasteiger partial charge in [-0.05, 0) is 43.3 Å². The van der Waals surface area contributed by atoms with Crippen molar-refractivity contribution in [3.8, 4) is 0 Å². The van der Waals surface area contributed by atoms with Crippen LogP contribution in [0.2, 0.25) is 5.02 Å². The Bertz CT molecular complexity index is 985. The second kappa shape index (κ2) is 7.09. The number of carbonyl (C=O) groups excluding carboxylic acids is 3. The largest absolute Gasteiger partial charge is 0.462 e. The molecule has 0 radical (unpaired) electrons. The molecule has 0 bridgehead atoms. The molecule has 0 spiro atoms. The van der Waals surface area contributed by atoms with Gasteiger partial charge < -0.3 is 9.57 Å². The molecule has 0 N–H and O–H groups in total.